The van der Waals surface area contributed by atoms with E-state index >= 15 is 0 Å². The largest absolute Gasteiger partial charge is 0.399 e. The Morgan fingerprint density at radius 1 is 1.28 bits per heavy atom. The lowest BCUT2D eigenvalue weighted by atomic mass is 9.88. The third kappa shape index (κ3) is 5.44. The number of nitrogen functional groups attached to an aromatic ring is 1. The van der Waals surface area contributed by atoms with Crippen LogP contribution in [0.4, 0.5) is 5.69 Å². The summed E-state index contributed by atoms with van der Waals surface area (Å²) >= 11 is 0. The molecule has 0 aliphatic rings. The standard InChI is InChI=1S/C13H23N3.2ClH/c1-10(2)13(3,9-14)16-8-11-5-4-6-12(15)7-11;;/h4-7,10,16H,8-9,14-15H2,1-3H3;2*1H. The molecule has 0 saturated heterocycles. The van der Waals surface area contributed by atoms with E-state index in [2.05, 4.69) is 32.2 Å². The Kier molecular flexibility index (Phi) is 9.48. The van der Waals surface area contributed by atoms with E-state index in [1.54, 1.807) is 0 Å². The monoisotopic (exact) mass is 293 g/mol. The highest BCUT2D eigenvalue weighted by molar-refractivity contribution is 5.85. The van der Waals surface area contributed by atoms with Crippen molar-refractivity contribution in [3.63, 3.8) is 0 Å². The molecule has 0 aliphatic carbocycles. The number of benzene rings is 1. The van der Waals surface area contributed by atoms with Gasteiger partial charge < -0.3 is 16.8 Å². The van der Waals surface area contributed by atoms with Crippen molar-refractivity contribution in [2.45, 2.75) is 32.9 Å². The van der Waals surface area contributed by atoms with Crippen molar-refractivity contribution in [3.8, 4) is 0 Å². The highest BCUT2D eigenvalue weighted by atomic mass is 35.5. The Morgan fingerprint density at radius 2 is 1.89 bits per heavy atom. The molecule has 0 spiro atoms. The minimum absolute atomic E-state index is 0. The fourth-order valence-electron chi connectivity index (χ4n) is 1.52. The lowest BCUT2D eigenvalue weighted by Gasteiger charge is -2.34. The molecule has 0 aliphatic heterocycles. The normalized spacial score (nSPS) is 13.4. The minimum Gasteiger partial charge on any atom is -0.399 e. The van der Waals surface area contributed by atoms with E-state index in [4.69, 9.17) is 11.5 Å². The first kappa shape index (κ1) is 19.9. The van der Waals surface area contributed by atoms with E-state index in [0.29, 0.717) is 12.5 Å². The Balaban J connectivity index is 0. The molecule has 5 N–H and O–H groups in total. The number of anilines is 1. The van der Waals surface area contributed by atoms with E-state index < -0.39 is 0 Å². The molecular formula is C13H25Cl2N3. The summed E-state index contributed by atoms with van der Waals surface area (Å²) in [5.41, 5.74) is 13.5. The summed E-state index contributed by atoms with van der Waals surface area (Å²) in [7, 11) is 0. The molecule has 3 nitrogen and oxygen atoms in total. The lowest BCUT2D eigenvalue weighted by molar-refractivity contribution is 0.267. The fourth-order valence-corrected chi connectivity index (χ4v) is 1.52. The Bertz CT molecular complexity index is 345. The van der Waals surface area contributed by atoms with Crippen LogP contribution in [0.25, 0.3) is 0 Å². The molecule has 18 heavy (non-hydrogen) atoms. The minimum atomic E-state index is -0.0232. The second-order valence-corrected chi connectivity index (χ2v) is 4.87. The van der Waals surface area contributed by atoms with Crippen LogP contribution in [0.2, 0.25) is 0 Å². The first-order chi connectivity index (χ1) is 7.48. The molecule has 0 radical (unpaired) electrons. The molecule has 1 aromatic carbocycles. The zero-order valence-corrected chi connectivity index (χ0v) is 12.9. The Morgan fingerprint density at radius 3 is 2.33 bits per heavy atom. The van der Waals surface area contributed by atoms with Crippen LogP contribution in [0, 0.1) is 5.92 Å². The van der Waals surface area contributed by atoms with Gasteiger partial charge in [-0.05, 0) is 30.5 Å². The predicted octanol–water partition coefficient (Wildman–Crippen LogP) is 2.58. The summed E-state index contributed by atoms with van der Waals surface area (Å²) in [6.07, 6.45) is 0. The van der Waals surface area contributed by atoms with E-state index in [0.717, 1.165) is 12.2 Å². The van der Waals surface area contributed by atoms with Gasteiger partial charge in [-0.3, -0.25) is 0 Å². The Hall–Kier alpha value is -0.480. The van der Waals surface area contributed by atoms with Crippen LogP contribution in [0.15, 0.2) is 24.3 Å². The van der Waals surface area contributed by atoms with Crippen molar-refractivity contribution in [1.82, 2.24) is 5.32 Å². The molecule has 0 bridgehead atoms. The van der Waals surface area contributed by atoms with Gasteiger partial charge in [0, 0.05) is 24.3 Å². The van der Waals surface area contributed by atoms with E-state index in [9.17, 15) is 0 Å². The van der Waals surface area contributed by atoms with Crippen LogP contribution in [-0.2, 0) is 6.54 Å². The number of hydrogen-bond acceptors (Lipinski definition) is 3. The maximum absolute atomic E-state index is 5.81. The second kappa shape index (κ2) is 8.59. The molecule has 1 unspecified atom stereocenters. The van der Waals surface area contributed by atoms with Crippen molar-refractivity contribution in [2.24, 2.45) is 11.7 Å². The summed E-state index contributed by atoms with van der Waals surface area (Å²) in [6, 6.07) is 7.93. The molecule has 0 heterocycles. The molecule has 1 rings (SSSR count). The summed E-state index contributed by atoms with van der Waals surface area (Å²) in [5, 5.41) is 3.51. The van der Waals surface area contributed by atoms with Crippen molar-refractivity contribution in [2.75, 3.05) is 12.3 Å². The van der Waals surface area contributed by atoms with Crippen molar-refractivity contribution in [1.29, 1.82) is 0 Å². The van der Waals surface area contributed by atoms with Crippen molar-refractivity contribution >= 4 is 30.5 Å². The Labute approximate surface area is 123 Å². The summed E-state index contributed by atoms with van der Waals surface area (Å²) in [6.45, 7) is 7.95. The maximum atomic E-state index is 5.81. The van der Waals surface area contributed by atoms with Crippen LogP contribution < -0.4 is 16.8 Å². The van der Waals surface area contributed by atoms with E-state index in [1.807, 2.05) is 18.2 Å². The highest BCUT2D eigenvalue weighted by Gasteiger charge is 2.25. The van der Waals surface area contributed by atoms with Crippen molar-refractivity contribution in [3.05, 3.63) is 29.8 Å². The van der Waals surface area contributed by atoms with Crippen LogP contribution in [0.1, 0.15) is 26.3 Å². The smallest absolute Gasteiger partial charge is 0.0317 e. The quantitative estimate of drug-likeness (QED) is 0.731. The molecule has 0 amide bonds. The summed E-state index contributed by atoms with van der Waals surface area (Å²) in [4.78, 5) is 0. The second-order valence-electron chi connectivity index (χ2n) is 4.87. The van der Waals surface area contributed by atoms with Gasteiger partial charge in [-0.25, -0.2) is 0 Å². The van der Waals surface area contributed by atoms with Crippen molar-refractivity contribution < 1.29 is 0 Å². The topological polar surface area (TPSA) is 64.1 Å². The first-order valence-corrected chi connectivity index (χ1v) is 5.77. The first-order valence-electron chi connectivity index (χ1n) is 5.77. The molecule has 0 saturated carbocycles. The number of rotatable bonds is 5. The zero-order valence-electron chi connectivity index (χ0n) is 11.3. The van der Waals surface area contributed by atoms with Crippen LogP contribution in [-0.4, -0.2) is 12.1 Å². The fraction of sp³-hybridized carbons (Fsp3) is 0.538. The average molecular weight is 294 g/mol. The van der Waals surface area contributed by atoms with Gasteiger partial charge in [-0.15, -0.1) is 24.8 Å². The van der Waals surface area contributed by atoms with E-state index in [-0.39, 0.29) is 30.4 Å². The van der Waals surface area contributed by atoms with Gasteiger partial charge in [0.05, 0.1) is 0 Å². The van der Waals surface area contributed by atoms with Gasteiger partial charge in [0.25, 0.3) is 0 Å². The summed E-state index contributed by atoms with van der Waals surface area (Å²) < 4.78 is 0. The van der Waals surface area contributed by atoms with Crippen LogP contribution in [0.3, 0.4) is 0 Å². The van der Waals surface area contributed by atoms with Gasteiger partial charge >= 0.3 is 0 Å². The predicted molar refractivity (Wildman–Crippen MR) is 84.5 cm³/mol. The van der Waals surface area contributed by atoms with E-state index in [1.165, 1.54) is 5.56 Å². The lowest BCUT2D eigenvalue weighted by Crippen LogP contribution is -2.52. The van der Waals surface area contributed by atoms with Gasteiger partial charge in [0.1, 0.15) is 0 Å². The molecule has 0 fully saturated rings. The molecule has 0 aromatic heterocycles. The van der Waals surface area contributed by atoms with Gasteiger partial charge in [0.2, 0.25) is 0 Å². The maximum Gasteiger partial charge on any atom is 0.0317 e. The molecule has 106 valence electrons. The SMILES string of the molecule is CC(C)C(C)(CN)NCc1cccc(N)c1.Cl.Cl. The third-order valence-corrected chi connectivity index (χ3v) is 3.35. The van der Waals surface area contributed by atoms with Gasteiger partial charge in [-0.1, -0.05) is 26.0 Å². The molecule has 5 heteroatoms. The summed E-state index contributed by atoms with van der Waals surface area (Å²) in [5.74, 6) is 0.499. The molecular weight excluding hydrogens is 269 g/mol. The highest BCUT2D eigenvalue weighted by Crippen LogP contribution is 2.16. The number of nitrogens with one attached hydrogen (secondary N) is 1. The zero-order chi connectivity index (χ0) is 12.2. The molecule has 1 aromatic rings. The van der Waals surface area contributed by atoms with Gasteiger partial charge in [-0.2, -0.15) is 0 Å². The number of nitrogens with two attached hydrogens (primary N) is 2. The van der Waals surface area contributed by atoms with Crippen LogP contribution >= 0.6 is 24.8 Å². The third-order valence-electron chi connectivity index (χ3n) is 3.35. The van der Waals surface area contributed by atoms with Gasteiger partial charge in [0.15, 0.2) is 0 Å². The number of halogens is 2. The average Bonchev–Trinajstić information content (AvgIpc) is 2.26. The molecule has 1 atom stereocenters. The van der Waals surface area contributed by atoms with Crippen LogP contribution in [0.5, 0.6) is 0 Å². The number of hydrogen-bond donors (Lipinski definition) is 3.